The van der Waals surface area contributed by atoms with E-state index in [1.54, 1.807) is 17.2 Å². The first kappa shape index (κ1) is 14.5. The molecule has 1 aromatic rings. The number of nitrogens with zero attached hydrogens (tertiary/aromatic N) is 2. The topological polar surface area (TPSA) is 33.2 Å². The first-order chi connectivity index (χ1) is 8.19. The van der Waals surface area contributed by atoms with E-state index in [9.17, 15) is 4.79 Å². The van der Waals surface area contributed by atoms with Gasteiger partial charge >= 0.3 is 0 Å². The van der Waals surface area contributed by atoms with E-state index in [-0.39, 0.29) is 5.91 Å². The molecule has 0 aliphatic heterocycles. The van der Waals surface area contributed by atoms with Crippen LogP contribution >= 0.6 is 27.5 Å². The summed E-state index contributed by atoms with van der Waals surface area (Å²) < 4.78 is 0.867. The maximum Gasteiger partial charge on any atom is 0.272 e. The molecule has 0 aliphatic carbocycles. The Hall–Kier alpha value is -0.610. The van der Waals surface area contributed by atoms with Crippen LogP contribution in [0.25, 0.3) is 0 Å². The smallest absolute Gasteiger partial charge is 0.272 e. The lowest BCUT2D eigenvalue weighted by Crippen LogP contribution is -2.34. The Morgan fingerprint density at radius 1 is 1.47 bits per heavy atom. The van der Waals surface area contributed by atoms with Crippen LogP contribution in [0.3, 0.4) is 0 Å². The number of hydrogen-bond acceptors (Lipinski definition) is 2. The molecule has 0 unspecified atom stereocenters. The molecule has 0 atom stereocenters. The van der Waals surface area contributed by atoms with Crippen LogP contribution in [0.5, 0.6) is 0 Å². The van der Waals surface area contributed by atoms with Gasteiger partial charge in [0.15, 0.2) is 0 Å². The van der Waals surface area contributed by atoms with Crippen LogP contribution in [0.15, 0.2) is 22.8 Å². The van der Waals surface area contributed by atoms with Crippen molar-refractivity contribution in [2.45, 2.75) is 19.8 Å². The number of alkyl halides is 1. The number of aromatic nitrogens is 1. The Balaban J connectivity index is 2.72. The highest BCUT2D eigenvalue weighted by atomic mass is 79.9. The molecule has 0 aromatic carbocycles. The van der Waals surface area contributed by atoms with Crippen molar-refractivity contribution in [1.29, 1.82) is 0 Å². The van der Waals surface area contributed by atoms with Gasteiger partial charge in [0.1, 0.15) is 5.69 Å². The minimum absolute atomic E-state index is 0.0494. The van der Waals surface area contributed by atoms with Crippen molar-refractivity contribution in [1.82, 2.24) is 9.88 Å². The van der Waals surface area contributed by atoms with E-state index in [0.29, 0.717) is 18.1 Å². The van der Waals surface area contributed by atoms with Gasteiger partial charge in [-0.2, -0.15) is 0 Å². The molecule has 1 amide bonds. The highest BCUT2D eigenvalue weighted by Crippen LogP contribution is 2.10. The second kappa shape index (κ2) is 7.67. The molecule has 1 aromatic heterocycles. The van der Waals surface area contributed by atoms with Crippen molar-refractivity contribution in [3.8, 4) is 0 Å². The second-order valence-electron chi connectivity index (χ2n) is 3.70. The van der Waals surface area contributed by atoms with Crippen LogP contribution in [0, 0.1) is 0 Å². The SMILES string of the molecule is CCCCN(CCCl)C(=O)c1ccc(Br)cn1. The van der Waals surface area contributed by atoms with Crippen molar-refractivity contribution < 1.29 is 4.79 Å². The highest BCUT2D eigenvalue weighted by molar-refractivity contribution is 9.10. The fourth-order valence-electron chi connectivity index (χ4n) is 1.43. The fraction of sp³-hybridized carbons (Fsp3) is 0.500. The Kier molecular flexibility index (Phi) is 6.52. The van der Waals surface area contributed by atoms with Gasteiger partial charge in [0.25, 0.3) is 5.91 Å². The monoisotopic (exact) mass is 318 g/mol. The zero-order valence-corrected chi connectivity index (χ0v) is 12.2. The maximum absolute atomic E-state index is 12.1. The number of carbonyl (C=O) groups excluding carboxylic acids is 1. The summed E-state index contributed by atoms with van der Waals surface area (Å²) in [6, 6.07) is 3.54. The van der Waals surface area contributed by atoms with Crippen LogP contribution in [0.4, 0.5) is 0 Å². The van der Waals surface area contributed by atoms with Gasteiger partial charge in [-0.05, 0) is 34.5 Å². The van der Waals surface area contributed by atoms with Crippen molar-refractivity contribution in [3.63, 3.8) is 0 Å². The summed E-state index contributed by atoms with van der Waals surface area (Å²) in [7, 11) is 0. The largest absolute Gasteiger partial charge is 0.336 e. The molecule has 5 heteroatoms. The lowest BCUT2D eigenvalue weighted by Gasteiger charge is -2.20. The first-order valence-corrected chi connectivity index (χ1v) is 6.98. The van der Waals surface area contributed by atoms with Crippen molar-refractivity contribution in [2.24, 2.45) is 0 Å². The van der Waals surface area contributed by atoms with E-state index >= 15 is 0 Å². The summed E-state index contributed by atoms with van der Waals surface area (Å²) in [5.41, 5.74) is 0.467. The minimum atomic E-state index is -0.0494. The molecule has 3 nitrogen and oxygen atoms in total. The number of carbonyl (C=O) groups is 1. The van der Waals surface area contributed by atoms with Gasteiger partial charge in [-0.25, -0.2) is 4.98 Å². The third-order valence-corrected chi connectivity index (χ3v) is 3.01. The van der Waals surface area contributed by atoms with E-state index in [1.807, 2.05) is 6.07 Å². The number of rotatable bonds is 6. The standard InChI is InChI=1S/C12H16BrClN2O/c1-2-3-7-16(8-6-14)12(17)11-5-4-10(13)9-15-11/h4-5,9H,2-3,6-8H2,1H3. The quantitative estimate of drug-likeness (QED) is 0.754. The molecule has 0 bridgehead atoms. The predicted molar refractivity (Wildman–Crippen MR) is 73.5 cm³/mol. The van der Waals surface area contributed by atoms with Gasteiger partial charge < -0.3 is 4.90 Å². The van der Waals surface area contributed by atoms with Crippen LogP contribution in [-0.4, -0.2) is 34.8 Å². The van der Waals surface area contributed by atoms with E-state index in [4.69, 9.17) is 11.6 Å². The third kappa shape index (κ3) is 4.64. The molecule has 0 aliphatic rings. The average Bonchev–Trinajstić information content (AvgIpc) is 2.34. The zero-order chi connectivity index (χ0) is 12.7. The molecule has 0 fully saturated rings. The van der Waals surface area contributed by atoms with Crippen molar-refractivity contribution in [2.75, 3.05) is 19.0 Å². The number of hydrogen-bond donors (Lipinski definition) is 0. The Bertz CT molecular complexity index is 356. The van der Waals surface area contributed by atoms with Crippen molar-refractivity contribution in [3.05, 3.63) is 28.5 Å². The molecular weight excluding hydrogens is 304 g/mol. The fourth-order valence-corrected chi connectivity index (χ4v) is 1.87. The van der Waals surface area contributed by atoms with Gasteiger partial charge in [-0.1, -0.05) is 13.3 Å². The van der Waals surface area contributed by atoms with Crippen LogP contribution in [-0.2, 0) is 0 Å². The summed E-state index contributed by atoms with van der Waals surface area (Å²) in [5, 5.41) is 0. The molecule has 0 N–H and O–H groups in total. The molecule has 0 saturated carbocycles. The summed E-state index contributed by atoms with van der Waals surface area (Å²) in [6.45, 7) is 3.40. The third-order valence-electron chi connectivity index (χ3n) is 2.37. The van der Waals surface area contributed by atoms with Crippen LogP contribution < -0.4 is 0 Å². The number of unbranched alkanes of at least 4 members (excludes halogenated alkanes) is 1. The van der Waals surface area contributed by atoms with E-state index in [1.165, 1.54) is 0 Å². The molecule has 1 heterocycles. The molecule has 1 rings (SSSR count). The van der Waals surface area contributed by atoms with Gasteiger partial charge in [0.05, 0.1) is 0 Å². The molecule has 17 heavy (non-hydrogen) atoms. The lowest BCUT2D eigenvalue weighted by molar-refractivity contribution is 0.0757. The summed E-state index contributed by atoms with van der Waals surface area (Å²) >= 11 is 9.01. The normalized spacial score (nSPS) is 10.3. The lowest BCUT2D eigenvalue weighted by atomic mass is 10.2. The number of halogens is 2. The van der Waals surface area contributed by atoms with Gasteiger partial charge in [0, 0.05) is 29.6 Å². The maximum atomic E-state index is 12.1. The molecular formula is C12H16BrClN2O. The minimum Gasteiger partial charge on any atom is -0.336 e. The van der Waals surface area contributed by atoms with E-state index in [2.05, 4.69) is 27.8 Å². The second-order valence-corrected chi connectivity index (χ2v) is 4.99. The summed E-state index contributed by atoms with van der Waals surface area (Å²) in [5.74, 6) is 0.401. The Morgan fingerprint density at radius 3 is 2.76 bits per heavy atom. The Morgan fingerprint density at radius 2 is 2.24 bits per heavy atom. The molecule has 0 spiro atoms. The molecule has 0 radical (unpaired) electrons. The van der Waals surface area contributed by atoms with E-state index in [0.717, 1.165) is 23.9 Å². The summed E-state index contributed by atoms with van der Waals surface area (Å²) in [6.07, 6.45) is 3.67. The first-order valence-electron chi connectivity index (χ1n) is 5.65. The zero-order valence-electron chi connectivity index (χ0n) is 9.83. The highest BCUT2D eigenvalue weighted by Gasteiger charge is 2.15. The van der Waals surface area contributed by atoms with Crippen LogP contribution in [0.2, 0.25) is 0 Å². The Labute approximate surface area is 115 Å². The van der Waals surface area contributed by atoms with E-state index < -0.39 is 0 Å². The summed E-state index contributed by atoms with van der Waals surface area (Å²) in [4.78, 5) is 18.0. The molecule has 94 valence electrons. The number of pyridine rings is 1. The van der Waals surface area contributed by atoms with Gasteiger partial charge in [-0.3, -0.25) is 4.79 Å². The number of amides is 1. The van der Waals surface area contributed by atoms with Crippen molar-refractivity contribution >= 4 is 33.4 Å². The van der Waals surface area contributed by atoms with Gasteiger partial charge in [-0.15, -0.1) is 11.6 Å². The van der Waals surface area contributed by atoms with Gasteiger partial charge in [0.2, 0.25) is 0 Å². The predicted octanol–water partition coefficient (Wildman–Crippen LogP) is 3.33. The average molecular weight is 320 g/mol. The molecule has 0 saturated heterocycles. The van der Waals surface area contributed by atoms with Crippen LogP contribution in [0.1, 0.15) is 30.3 Å².